The summed E-state index contributed by atoms with van der Waals surface area (Å²) in [7, 11) is -0.241. The summed E-state index contributed by atoms with van der Waals surface area (Å²) >= 11 is 0. The first-order valence-electron chi connectivity index (χ1n) is 11.4. The molecule has 2 heterocycles. The highest BCUT2D eigenvalue weighted by molar-refractivity contribution is 7.89. The molecule has 2 aliphatic rings. The van der Waals surface area contributed by atoms with Crippen LogP contribution in [0.15, 0.2) is 47.4 Å². The number of likely N-dealkylation sites (N-methyl/N-ethyl adjacent to an activating group) is 1. The van der Waals surface area contributed by atoms with Gasteiger partial charge in [-0.15, -0.1) is 0 Å². The van der Waals surface area contributed by atoms with E-state index >= 15 is 0 Å². The van der Waals surface area contributed by atoms with Gasteiger partial charge in [0.15, 0.2) is 0 Å². The van der Waals surface area contributed by atoms with Crippen LogP contribution in [0.25, 0.3) is 0 Å². The van der Waals surface area contributed by atoms with Crippen molar-refractivity contribution in [3.63, 3.8) is 0 Å². The van der Waals surface area contributed by atoms with Crippen LogP contribution in [0.4, 0.5) is 5.69 Å². The third-order valence-electron chi connectivity index (χ3n) is 6.10. The number of sulfonamides is 1. The van der Waals surface area contributed by atoms with Crippen molar-refractivity contribution in [1.29, 1.82) is 0 Å². The maximum Gasteiger partial charge on any atom is 0.255 e. The molecule has 34 heavy (non-hydrogen) atoms. The summed E-state index contributed by atoms with van der Waals surface area (Å²) in [6, 6.07) is 11.3. The lowest BCUT2D eigenvalue weighted by atomic mass is 10.2. The number of nitrogens with zero attached hydrogens (tertiary/aromatic N) is 2. The maximum absolute atomic E-state index is 13.1. The highest BCUT2D eigenvalue weighted by Gasteiger charge is 2.28. The van der Waals surface area contributed by atoms with Crippen LogP contribution in [0, 0.1) is 0 Å². The topological polar surface area (TPSA) is 97.4 Å². The van der Waals surface area contributed by atoms with Crippen molar-refractivity contribution in [2.45, 2.75) is 23.8 Å². The van der Waals surface area contributed by atoms with Crippen molar-refractivity contribution in [3.8, 4) is 11.5 Å². The molecule has 0 unspecified atom stereocenters. The third kappa shape index (κ3) is 5.69. The van der Waals surface area contributed by atoms with E-state index in [0.717, 1.165) is 19.4 Å². The Morgan fingerprint density at radius 2 is 1.85 bits per heavy atom. The van der Waals surface area contributed by atoms with Crippen molar-refractivity contribution in [1.82, 2.24) is 9.21 Å². The molecule has 0 aliphatic carbocycles. The summed E-state index contributed by atoms with van der Waals surface area (Å²) < 4.78 is 44.4. The Morgan fingerprint density at radius 1 is 1.12 bits per heavy atom. The fraction of sp³-hybridized carbons (Fsp3) is 0.458. The zero-order chi connectivity index (χ0) is 24.1. The summed E-state index contributed by atoms with van der Waals surface area (Å²) in [5, 5.41) is 2.78. The number of hydrogen-bond donors (Lipinski definition) is 1. The molecule has 2 aliphatic heterocycles. The Morgan fingerprint density at radius 3 is 2.50 bits per heavy atom. The van der Waals surface area contributed by atoms with E-state index in [2.05, 4.69) is 10.2 Å². The van der Waals surface area contributed by atoms with Gasteiger partial charge in [0.1, 0.15) is 18.1 Å². The molecule has 4 rings (SSSR count). The van der Waals surface area contributed by atoms with Gasteiger partial charge in [-0.2, -0.15) is 4.31 Å². The molecule has 0 saturated carbocycles. The smallest absolute Gasteiger partial charge is 0.255 e. The summed E-state index contributed by atoms with van der Waals surface area (Å²) in [6.07, 6.45) is 2.16. The zero-order valence-electron chi connectivity index (χ0n) is 19.5. The number of amides is 1. The van der Waals surface area contributed by atoms with Gasteiger partial charge in [0, 0.05) is 38.3 Å². The molecule has 9 nitrogen and oxygen atoms in total. The number of benzene rings is 2. The zero-order valence-corrected chi connectivity index (χ0v) is 20.3. The highest BCUT2D eigenvalue weighted by atomic mass is 32.2. The molecule has 1 atom stereocenters. The Kier molecular flexibility index (Phi) is 7.72. The molecule has 2 saturated heterocycles. The van der Waals surface area contributed by atoms with Crippen LogP contribution in [0.5, 0.6) is 11.5 Å². The lowest BCUT2D eigenvalue weighted by Gasteiger charge is -2.31. The highest BCUT2D eigenvalue weighted by Crippen LogP contribution is 2.30. The van der Waals surface area contributed by atoms with Gasteiger partial charge in [0.2, 0.25) is 10.0 Å². The van der Waals surface area contributed by atoms with Crippen LogP contribution in [0.3, 0.4) is 0 Å². The number of carbonyl (C=O) groups excluding carboxylic acids is 1. The van der Waals surface area contributed by atoms with Crippen molar-refractivity contribution in [2.75, 3.05) is 58.9 Å². The molecule has 1 N–H and O–H groups in total. The summed E-state index contributed by atoms with van der Waals surface area (Å²) in [5.74, 6) is 0.658. The van der Waals surface area contributed by atoms with Gasteiger partial charge in [-0.1, -0.05) is 0 Å². The molecule has 2 aromatic rings. The van der Waals surface area contributed by atoms with Gasteiger partial charge >= 0.3 is 0 Å². The first-order valence-corrected chi connectivity index (χ1v) is 12.8. The van der Waals surface area contributed by atoms with Crippen molar-refractivity contribution in [3.05, 3.63) is 48.0 Å². The van der Waals surface area contributed by atoms with Gasteiger partial charge in [-0.05, 0) is 62.4 Å². The van der Waals surface area contributed by atoms with Crippen LogP contribution in [-0.2, 0) is 14.8 Å². The Bertz CT molecular complexity index is 1090. The first-order chi connectivity index (χ1) is 16.4. The van der Waals surface area contributed by atoms with Gasteiger partial charge < -0.3 is 24.4 Å². The SMILES string of the molecule is COc1ccc(S(=O)(=O)N2CCN(C)CC2)cc1NC(=O)c1ccc(OC[C@H]2CCCO2)cc1. The average molecular weight is 490 g/mol. The Labute approximate surface area is 200 Å². The predicted octanol–water partition coefficient (Wildman–Crippen LogP) is 2.44. The minimum absolute atomic E-state index is 0.116. The monoisotopic (exact) mass is 489 g/mol. The minimum atomic E-state index is -3.68. The number of anilines is 1. The number of hydrogen-bond acceptors (Lipinski definition) is 7. The van der Waals surface area contributed by atoms with Crippen molar-refractivity contribution in [2.24, 2.45) is 0 Å². The van der Waals surface area contributed by atoms with Crippen molar-refractivity contribution >= 4 is 21.6 Å². The average Bonchev–Trinajstić information content (AvgIpc) is 3.37. The molecule has 0 aromatic heterocycles. The van der Waals surface area contributed by atoms with E-state index in [1.807, 2.05) is 7.05 Å². The molecule has 2 aromatic carbocycles. The first kappa shape index (κ1) is 24.5. The summed E-state index contributed by atoms with van der Waals surface area (Å²) in [6.45, 7) is 3.45. The molecule has 0 spiro atoms. The van der Waals surface area contributed by atoms with E-state index < -0.39 is 10.0 Å². The molecule has 2 fully saturated rings. The van der Waals surface area contributed by atoms with Gasteiger partial charge in [0.25, 0.3) is 5.91 Å². The number of rotatable bonds is 8. The van der Waals surface area contributed by atoms with Gasteiger partial charge in [-0.25, -0.2) is 8.42 Å². The molecule has 0 bridgehead atoms. The Balaban J connectivity index is 1.45. The van der Waals surface area contributed by atoms with Crippen LogP contribution in [0.2, 0.25) is 0 Å². The lowest BCUT2D eigenvalue weighted by Crippen LogP contribution is -2.47. The second-order valence-corrected chi connectivity index (χ2v) is 10.4. The largest absolute Gasteiger partial charge is 0.495 e. The number of piperazine rings is 1. The summed E-state index contributed by atoms with van der Waals surface area (Å²) in [5.41, 5.74) is 0.709. The molecule has 1 amide bonds. The van der Waals surface area contributed by atoms with E-state index in [1.54, 1.807) is 30.3 Å². The molecular weight excluding hydrogens is 458 g/mol. The van der Waals surface area contributed by atoms with E-state index in [4.69, 9.17) is 14.2 Å². The molecule has 0 radical (unpaired) electrons. The second kappa shape index (κ2) is 10.7. The van der Waals surface area contributed by atoms with E-state index in [1.165, 1.54) is 23.5 Å². The number of ether oxygens (including phenoxy) is 3. The quantitative estimate of drug-likeness (QED) is 0.608. The van der Waals surface area contributed by atoms with E-state index in [-0.39, 0.29) is 16.9 Å². The normalized spacial score (nSPS) is 19.6. The fourth-order valence-corrected chi connectivity index (χ4v) is 5.43. The molecule has 184 valence electrons. The van der Waals surface area contributed by atoms with Crippen LogP contribution < -0.4 is 14.8 Å². The van der Waals surface area contributed by atoms with Crippen LogP contribution in [0.1, 0.15) is 23.2 Å². The maximum atomic E-state index is 13.1. The van der Waals surface area contributed by atoms with Crippen LogP contribution >= 0.6 is 0 Å². The third-order valence-corrected chi connectivity index (χ3v) is 7.99. The lowest BCUT2D eigenvalue weighted by molar-refractivity contribution is 0.0679. The van der Waals surface area contributed by atoms with Gasteiger partial charge in [-0.3, -0.25) is 4.79 Å². The minimum Gasteiger partial charge on any atom is -0.495 e. The van der Waals surface area contributed by atoms with Gasteiger partial charge in [0.05, 0.1) is 23.8 Å². The number of carbonyl (C=O) groups is 1. The van der Waals surface area contributed by atoms with E-state index in [9.17, 15) is 13.2 Å². The summed E-state index contributed by atoms with van der Waals surface area (Å²) in [4.78, 5) is 15.1. The fourth-order valence-electron chi connectivity index (χ4n) is 3.98. The molecular formula is C24H31N3O6S. The number of methoxy groups -OCH3 is 1. The predicted molar refractivity (Wildman–Crippen MR) is 128 cm³/mol. The van der Waals surface area contributed by atoms with E-state index in [0.29, 0.717) is 55.5 Å². The Hall–Kier alpha value is -2.66. The van der Waals surface area contributed by atoms with Crippen molar-refractivity contribution < 1.29 is 27.4 Å². The second-order valence-electron chi connectivity index (χ2n) is 8.49. The standard InChI is InChI=1S/C24H31N3O6S/c1-26-11-13-27(14-12-26)34(29,30)21-9-10-23(31-2)22(16-21)25-24(28)18-5-7-19(8-6-18)33-17-20-4-3-15-32-20/h5-10,16,20H,3-4,11-15,17H2,1-2H3,(H,25,28)/t20-/m1/s1. The number of nitrogens with one attached hydrogen (secondary N) is 1. The van der Waals surface area contributed by atoms with Crippen LogP contribution in [-0.4, -0.2) is 83.2 Å². The molecule has 10 heteroatoms.